The first-order valence-corrected chi connectivity index (χ1v) is 12.0. The van der Waals surface area contributed by atoms with Crippen molar-refractivity contribution in [2.45, 2.75) is 37.9 Å². The molecule has 1 aliphatic heterocycles. The lowest BCUT2D eigenvalue weighted by molar-refractivity contribution is -0.00546. The Kier molecular flexibility index (Phi) is 6.06. The van der Waals surface area contributed by atoms with Gasteiger partial charge in [0.15, 0.2) is 0 Å². The molecule has 0 bridgehead atoms. The van der Waals surface area contributed by atoms with E-state index in [0.29, 0.717) is 24.6 Å². The van der Waals surface area contributed by atoms with Gasteiger partial charge in [-0.25, -0.2) is 13.4 Å². The minimum absolute atomic E-state index is 0.0161. The van der Waals surface area contributed by atoms with Gasteiger partial charge < -0.3 is 9.64 Å². The maximum atomic E-state index is 13.5. The Morgan fingerprint density at radius 1 is 1.15 bits per heavy atom. The van der Waals surface area contributed by atoms with E-state index >= 15 is 0 Å². The van der Waals surface area contributed by atoms with Crippen LogP contribution in [0.2, 0.25) is 0 Å². The first kappa shape index (κ1) is 22.7. The highest BCUT2D eigenvalue weighted by atomic mass is 32.2. The molecular weight excluding hydrogens is 440 g/mol. The van der Waals surface area contributed by atoms with Crippen molar-refractivity contribution in [3.05, 3.63) is 75.0 Å². The van der Waals surface area contributed by atoms with Crippen LogP contribution in [0.3, 0.4) is 0 Å². The van der Waals surface area contributed by atoms with E-state index in [1.165, 1.54) is 16.5 Å². The number of sulfone groups is 1. The molecule has 0 radical (unpaired) electrons. The van der Waals surface area contributed by atoms with Crippen LogP contribution < -0.4 is 10.5 Å². The molecule has 33 heavy (non-hydrogen) atoms. The summed E-state index contributed by atoms with van der Waals surface area (Å²) in [5, 5.41) is 9.76. The first-order chi connectivity index (χ1) is 15.7. The lowest BCUT2D eigenvalue weighted by atomic mass is 10.1. The normalized spacial score (nSPS) is 19.5. The fraction of sp³-hybridized carbons (Fsp3) is 0.292. The van der Waals surface area contributed by atoms with Crippen LogP contribution in [0, 0.1) is 18.3 Å². The molecule has 2 atom stereocenters. The lowest BCUT2D eigenvalue weighted by Crippen LogP contribution is -2.46. The Labute approximate surface area is 192 Å². The van der Waals surface area contributed by atoms with Gasteiger partial charge in [-0.15, -0.1) is 0 Å². The van der Waals surface area contributed by atoms with Crippen LogP contribution in [-0.4, -0.2) is 43.1 Å². The van der Waals surface area contributed by atoms with E-state index in [1.807, 2.05) is 31.7 Å². The summed E-state index contributed by atoms with van der Waals surface area (Å²) in [6.07, 6.45) is 2.52. The zero-order valence-corrected chi connectivity index (χ0v) is 19.4. The van der Waals surface area contributed by atoms with E-state index in [4.69, 9.17) is 9.72 Å². The molecule has 2 aromatic heterocycles. The number of allylic oxidation sites excluding steroid dienone is 1. The number of ether oxygens (including phenoxy) is 1. The smallest absolute Gasteiger partial charge is 0.267 e. The largest absolute Gasteiger partial charge is 0.372 e. The van der Waals surface area contributed by atoms with Gasteiger partial charge in [0.1, 0.15) is 22.4 Å². The molecule has 0 amide bonds. The van der Waals surface area contributed by atoms with Gasteiger partial charge in [-0.3, -0.25) is 9.20 Å². The summed E-state index contributed by atoms with van der Waals surface area (Å²) in [7, 11) is -4.12. The van der Waals surface area contributed by atoms with E-state index in [1.54, 1.807) is 36.5 Å². The molecule has 3 heterocycles. The summed E-state index contributed by atoms with van der Waals surface area (Å²) < 4.78 is 33.5. The maximum Gasteiger partial charge on any atom is 0.267 e. The van der Waals surface area contributed by atoms with Crippen molar-refractivity contribution < 1.29 is 13.2 Å². The van der Waals surface area contributed by atoms with Crippen LogP contribution in [0.1, 0.15) is 25.0 Å². The number of hydrogen-bond acceptors (Lipinski definition) is 7. The maximum absolute atomic E-state index is 13.5. The minimum Gasteiger partial charge on any atom is -0.372 e. The van der Waals surface area contributed by atoms with Gasteiger partial charge in [0, 0.05) is 19.3 Å². The topological polar surface area (TPSA) is 105 Å². The molecule has 0 spiro atoms. The van der Waals surface area contributed by atoms with E-state index < -0.39 is 20.3 Å². The molecule has 0 saturated carbocycles. The summed E-state index contributed by atoms with van der Waals surface area (Å²) in [4.78, 5) is 19.7. The standard InChI is InChI=1S/C24H24N4O4S/c1-16-8-7-11-28-22(16)26-23(27-14-17(2)32-18(3)15-27)21(24(28)29)12-20(13-25)33(30,31)19-9-5-4-6-10-19/h4-12,17-18H,14-15H2,1-3H3/b20-12+. The highest BCUT2D eigenvalue weighted by Gasteiger charge is 2.28. The summed E-state index contributed by atoms with van der Waals surface area (Å²) in [6.45, 7) is 6.67. The molecule has 1 aromatic carbocycles. The molecule has 170 valence electrons. The van der Waals surface area contributed by atoms with E-state index in [0.717, 1.165) is 11.6 Å². The minimum atomic E-state index is -4.12. The predicted octanol–water partition coefficient (Wildman–Crippen LogP) is 2.95. The van der Waals surface area contributed by atoms with Gasteiger partial charge in [-0.05, 0) is 50.6 Å². The molecule has 1 fully saturated rings. The lowest BCUT2D eigenvalue weighted by Gasteiger charge is -2.36. The van der Waals surface area contributed by atoms with Crippen molar-refractivity contribution in [1.29, 1.82) is 5.26 Å². The monoisotopic (exact) mass is 464 g/mol. The van der Waals surface area contributed by atoms with Crippen molar-refractivity contribution in [1.82, 2.24) is 9.38 Å². The number of aryl methyl sites for hydroxylation is 1. The second-order valence-corrected chi connectivity index (χ2v) is 10.1. The number of hydrogen-bond donors (Lipinski definition) is 0. The number of morpholine rings is 1. The third-order valence-corrected chi connectivity index (χ3v) is 7.19. The Bertz CT molecular complexity index is 1430. The van der Waals surface area contributed by atoms with E-state index in [-0.39, 0.29) is 22.7 Å². The zero-order chi connectivity index (χ0) is 23.8. The van der Waals surface area contributed by atoms with Crippen LogP contribution in [0.4, 0.5) is 5.82 Å². The Morgan fingerprint density at radius 3 is 2.45 bits per heavy atom. The first-order valence-electron chi connectivity index (χ1n) is 10.6. The second-order valence-electron chi connectivity index (χ2n) is 8.14. The van der Waals surface area contributed by atoms with Crippen molar-refractivity contribution >= 4 is 27.4 Å². The number of nitrogens with zero attached hydrogens (tertiary/aromatic N) is 4. The summed E-state index contributed by atoms with van der Waals surface area (Å²) in [5.74, 6) is 0.340. The van der Waals surface area contributed by atoms with Crippen LogP contribution in [-0.2, 0) is 14.6 Å². The second kappa shape index (κ2) is 8.81. The average molecular weight is 465 g/mol. The third-order valence-electron chi connectivity index (χ3n) is 5.51. The van der Waals surface area contributed by atoms with Crippen molar-refractivity contribution in [2.75, 3.05) is 18.0 Å². The van der Waals surface area contributed by atoms with Gasteiger partial charge in [0.05, 0.1) is 22.7 Å². The number of fused-ring (bicyclic) bond motifs is 1. The zero-order valence-electron chi connectivity index (χ0n) is 18.6. The fourth-order valence-electron chi connectivity index (χ4n) is 4.05. The Hall–Kier alpha value is -3.48. The number of nitriles is 1. The highest BCUT2D eigenvalue weighted by molar-refractivity contribution is 7.95. The number of anilines is 1. The average Bonchev–Trinajstić information content (AvgIpc) is 2.78. The van der Waals surface area contributed by atoms with Crippen LogP contribution in [0.5, 0.6) is 0 Å². The quantitative estimate of drug-likeness (QED) is 0.547. The molecule has 2 unspecified atom stereocenters. The van der Waals surface area contributed by atoms with E-state index in [2.05, 4.69) is 0 Å². The van der Waals surface area contributed by atoms with Gasteiger partial charge in [0.25, 0.3) is 5.56 Å². The molecule has 0 aliphatic carbocycles. The molecule has 1 aliphatic rings. The Morgan fingerprint density at radius 2 is 1.82 bits per heavy atom. The molecule has 0 N–H and O–H groups in total. The molecule has 1 saturated heterocycles. The molecule has 9 heteroatoms. The fourth-order valence-corrected chi connectivity index (χ4v) is 5.21. The molecule has 4 rings (SSSR count). The molecule has 3 aromatic rings. The van der Waals surface area contributed by atoms with Gasteiger partial charge in [0.2, 0.25) is 9.84 Å². The van der Waals surface area contributed by atoms with E-state index in [9.17, 15) is 18.5 Å². The van der Waals surface area contributed by atoms with Crippen LogP contribution in [0.15, 0.2) is 63.3 Å². The Balaban J connectivity index is 1.99. The summed E-state index contributed by atoms with van der Waals surface area (Å²) in [6, 6.07) is 13.0. The third kappa shape index (κ3) is 4.27. The van der Waals surface area contributed by atoms with Gasteiger partial charge in [-0.2, -0.15) is 5.26 Å². The van der Waals surface area contributed by atoms with Gasteiger partial charge in [-0.1, -0.05) is 24.3 Å². The summed E-state index contributed by atoms with van der Waals surface area (Å²) >= 11 is 0. The number of aromatic nitrogens is 2. The number of pyridine rings is 1. The predicted molar refractivity (Wildman–Crippen MR) is 126 cm³/mol. The van der Waals surface area contributed by atoms with Gasteiger partial charge >= 0.3 is 0 Å². The molecular formula is C24H24N4O4S. The van der Waals surface area contributed by atoms with Crippen molar-refractivity contribution in [3.63, 3.8) is 0 Å². The molecule has 8 nitrogen and oxygen atoms in total. The van der Waals surface area contributed by atoms with Crippen LogP contribution in [0.25, 0.3) is 11.7 Å². The SMILES string of the molecule is Cc1cccn2c(=O)c(/C=C(\C#N)S(=O)(=O)c3ccccc3)c(N3CC(C)OC(C)C3)nc12. The van der Waals surface area contributed by atoms with Crippen molar-refractivity contribution in [3.8, 4) is 6.07 Å². The van der Waals surface area contributed by atoms with Crippen molar-refractivity contribution in [2.24, 2.45) is 0 Å². The summed E-state index contributed by atoms with van der Waals surface area (Å²) in [5.41, 5.74) is 0.890. The van der Waals surface area contributed by atoms with Crippen LogP contribution >= 0.6 is 0 Å². The number of rotatable bonds is 4. The highest BCUT2D eigenvalue weighted by Crippen LogP contribution is 2.26. The number of benzene rings is 1.